The van der Waals surface area contributed by atoms with E-state index in [2.05, 4.69) is 5.32 Å². The van der Waals surface area contributed by atoms with Crippen molar-refractivity contribution in [3.05, 3.63) is 47.9 Å². The number of nitrogens with one attached hydrogen (secondary N) is 1. The van der Waals surface area contributed by atoms with E-state index in [0.29, 0.717) is 30.9 Å². The molecule has 1 aromatic heterocycles. The van der Waals surface area contributed by atoms with Crippen LogP contribution in [0.15, 0.2) is 41.0 Å². The van der Waals surface area contributed by atoms with E-state index in [-0.39, 0.29) is 5.91 Å². The maximum Gasteiger partial charge on any atom is 0.220 e. The number of hydrogen-bond acceptors (Lipinski definition) is 4. The quantitative estimate of drug-likeness (QED) is 0.851. The summed E-state index contributed by atoms with van der Waals surface area (Å²) in [7, 11) is 3.18. The molecule has 21 heavy (non-hydrogen) atoms. The Balaban J connectivity index is 1.83. The Kier molecular flexibility index (Phi) is 5.26. The van der Waals surface area contributed by atoms with Gasteiger partial charge >= 0.3 is 0 Å². The lowest BCUT2D eigenvalue weighted by atomic mass is 10.2. The van der Waals surface area contributed by atoms with E-state index in [4.69, 9.17) is 13.9 Å². The lowest BCUT2D eigenvalue weighted by Crippen LogP contribution is -2.22. The fourth-order valence-corrected chi connectivity index (χ4v) is 1.97. The summed E-state index contributed by atoms with van der Waals surface area (Å²) < 4.78 is 15.6. The first-order valence-electron chi connectivity index (χ1n) is 6.73. The van der Waals surface area contributed by atoms with Crippen molar-refractivity contribution in [1.82, 2.24) is 5.32 Å². The number of rotatable bonds is 7. The predicted molar refractivity (Wildman–Crippen MR) is 78.4 cm³/mol. The van der Waals surface area contributed by atoms with Crippen molar-refractivity contribution in [2.24, 2.45) is 0 Å². The minimum atomic E-state index is -0.0128. The van der Waals surface area contributed by atoms with Crippen LogP contribution in [0.25, 0.3) is 0 Å². The van der Waals surface area contributed by atoms with Gasteiger partial charge < -0.3 is 19.2 Å². The molecule has 0 radical (unpaired) electrons. The molecule has 0 aliphatic heterocycles. The van der Waals surface area contributed by atoms with Gasteiger partial charge in [0, 0.05) is 19.4 Å². The summed E-state index contributed by atoms with van der Waals surface area (Å²) in [5.41, 5.74) is 0.957. The minimum absolute atomic E-state index is 0.0128. The van der Waals surface area contributed by atoms with Gasteiger partial charge in [0.2, 0.25) is 5.91 Å². The monoisotopic (exact) mass is 289 g/mol. The first-order valence-corrected chi connectivity index (χ1v) is 6.73. The van der Waals surface area contributed by atoms with E-state index >= 15 is 0 Å². The molecule has 5 nitrogen and oxygen atoms in total. The average molecular weight is 289 g/mol. The van der Waals surface area contributed by atoms with Crippen molar-refractivity contribution in [2.45, 2.75) is 19.4 Å². The second kappa shape index (κ2) is 7.38. The van der Waals surface area contributed by atoms with E-state index in [0.717, 1.165) is 11.3 Å². The lowest BCUT2D eigenvalue weighted by molar-refractivity contribution is -0.121. The van der Waals surface area contributed by atoms with Gasteiger partial charge in [0.05, 0.1) is 20.5 Å². The van der Waals surface area contributed by atoms with Crippen molar-refractivity contribution in [3.8, 4) is 11.5 Å². The fraction of sp³-hybridized carbons (Fsp3) is 0.312. The molecule has 0 saturated heterocycles. The van der Waals surface area contributed by atoms with Crippen molar-refractivity contribution in [3.63, 3.8) is 0 Å². The Morgan fingerprint density at radius 2 is 2.00 bits per heavy atom. The Labute approximate surface area is 123 Å². The SMILES string of the molecule is COc1ccc(CNC(=O)CCc2ccco2)cc1OC. The summed E-state index contributed by atoms with van der Waals surface area (Å²) in [4.78, 5) is 11.8. The third-order valence-corrected chi connectivity index (χ3v) is 3.12. The van der Waals surface area contributed by atoms with Crippen LogP contribution in [-0.2, 0) is 17.8 Å². The maximum absolute atomic E-state index is 11.8. The number of methoxy groups -OCH3 is 2. The van der Waals surface area contributed by atoms with Crippen LogP contribution in [0.3, 0.4) is 0 Å². The standard InChI is InChI=1S/C16H19NO4/c1-19-14-7-5-12(10-15(14)20-2)11-17-16(18)8-6-13-4-3-9-21-13/h3-5,7,9-10H,6,8,11H2,1-2H3,(H,17,18). The van der Waals surface area contributed by atoms with E-state index in [1.54, 1.807) is 20.5 Å². The zero-order chi connectivity index (χ0) is 15.1. The second-order valence-electron chi connectivity index (χ2n) is 4.55. The fourth-order valence-electron chi connectivity index (χ4n) is 1.97. The molecule has 1 aromatic carbocycles. The number of carbonyl (C=O) groups is 1. The van der Waals surface area contributed by atoms with Crippen LogP contribution >= 0.6 is 0 Å². The molecule has 0 bridgehead atoms. The smallest absolute Gasteiger partial charge is 0.220 e. The molecule has 5 heteroatoms. The van der Waals surface area contributed by atoms with Crippen molar-refractivity contribution in [2.75, 3.05) is 14.2 Å². The second-order valence-corrected chi connectivity index (χ2v) is 4.55. The molecule has 0 unspecified atom stereocenters. The summed E-state index contributed by atoms with van der Waals surface area (Å²) >= 11 is 0. The molecule has 2 aromatic rings. The molecular formula is C16H19NO4. The number of aryl methyl sites for hydroxylation is 1. The number of hydrogen-bond donors (Lipinski definition) is 1. The Hall–Kier alpha value is -2.43. The van der Waals surface area contributed by atoms with Crippen molar-refractivity contribution >= 4 is 5.91 Å². The van der Waals surface area contributed by atoms with Crippen LogP contribution in [0.1, 0.15) is 17.7 Å². The number of amides is 1. The highest BCUT2D eigenvalue weighted by Gasteiger charge is 2.07. The molecule has 0 saturated carbocycles. The Morgan fingerprint density at radius 3 is 2.67 bits per heavy atom. The highest BCUT2D eigenvalue weighted by atomic mass is 16.5. The van der Waals surface area contributed by atoms with E-state index in [1.165, 1.54) is 0 Å². The van der Waals surface area contributed by atoms with E-state index in [9.17, 15) is 4.79 Å². The maximum atomic E-state index is 11.8. The van der Waals surface area contributed by atoms with Crippen LogP contribution in [0, 0.1) is 0 Å². The molecule has 0 spiro atoms. The highest BCUT2D eigenvalue weighted by Crippen LogP contribution is 2.27. The number of furan rings is 1. The molecule has 0 aliphatic rings. The first kappa shape index (κ1) is 15.0. The lowest BCUT2D eigenvalue weighted by Gasteiger charge is -2.10. The highest BCUT2D eigenvalue weighted by molar-refractivity contribution is 5.76. The molecule has 1 amide bonds. The normalized spacial score (nSPS) is 10.2. The van der Waals surface area contributed by atoms with Crippen LogP contribution in [0.5, 0.6) is 11.5 Å². The number of benzene rings is 1. The zero-order valence-electron chi connectivity index (χ0n) is 12.2. The molecular weight excluding hydrogens is 270 g/mol. The van der Waals surface area contributed by atoms with Crippen LogP contribution in [-0.4, -0.2) is 20.1 Å². The Morgan fingerprint density at radius 1 is 1.19 bits per heavy atom. The molecule has 1 heterocycles. The Bertz CT molecular complexity index is 578. The summed E-state index contributed by atoms with van der Waals surface area (Å²) in [6, 6.07) is 9.25. The number of ether oxygens (including phenoxy) is 2. The summed E-state index contributed by atoms with van der Waals surface area (Å²) in [5.74, 6) is 2.13. The molecule has 1 N–H and O–H groups in total. The molecule has 0 atom stereocenters. The van der Waals surface area contributed by atoms with Gasteiger partial charge in [-0.05, 0) is 29.8 Å². The van der Waals surface area contributed by atoms with Crippen LogP contribution in [0.2, 0.25) is 0 Å². The van der Waals surface area contributed by atoms with Gasteiger partial charge in [-0.2, -0.15) is 0 Å². The van der Waals surface area contributed by atoms with Gasteiger partial charge in [-0.3, -0.25) is 4.79 Å². The van der Waals surface area contributed by atoms with Crippen LogP contribution < -0.4 is 14.8 Å². The third-order valence-electron chi connectivity index (χ3n) is 3.12. The van der Waals surface area contributed by atoms with Gasteiger partial charge in [0.25, 0.3) is 0 Å². The molecule has 112 valence electrons. The largest absolute Gasteiger partial charge is 0.493 e. The van der Waals surface area contributed by atoms with Gasteiger partial charge in [0.15, 0.2) is 11.5 Å². The van der Waals surface area contributed by atoms with Gasteiger partial charge in [-0.25, -0.2) is 0 Å². The molecule has 0 fully saturated rings. The van der Waals surface area contributed by atoms with Crippen molar-refractivity contribution in [1.29, 1.82) is 0 Å². The number of carbonyl (C=O) groups excluding carboxylic acids is 1. The topological polar surface area (TPSA) is 60.7 Å². The molecule has 2 rings (SSSR count). The summed E-state index contributed by atoms with van der Waals surface area (Å²) in [6.45, 7) is 0.456. The van der Waals surface area contributed by atoms with Gasteiger partial charge in [0.1, 0.15) is 5.76 Å². The van der Waals surface area contributed by atoms with E-state index in [1.807, 2.05) is 30.3 Å². The van der Waals surface area contributed by atoms with Crippen LogP contribution in [0.4, 0.5) is 0 Å². The predicted octanol–water partition coefficient (Wildman–Crippen LogP) is 2.55. The van der Waals surface area contributed by atoms with Crippen molar-refractivity contribution < 1.29 is 18.7 Å². The first-order chi connectivity index (χ1) is 10.2. The summed E-state index contributed by atoms with van der Waals surface area (Å²) in [6.07, 6.45) is 2.61. The molecule has 0 aliphatic carbocycles. The van der Waals surface area contributed by atoms with Gasteiger partial charge in [-0.1, -0.05) is 6.07 Å². The minimum Gasteiger partial charge on any atom is -0.493 e. The van der Waals surface area contributed by atoms with Gasteiger partial charge in [-0.15, -0.1) is 0 Å². The third kappa shape index (κ3) is 4.27. The zero-order valence-corrected chi connectivity index (χ0v) is 12.2. The average Bonchev–Trinajstić information content (AvgIpc) is 3.04. The van der Waals surface area contributed by atoms with E-state index < -0.39 is 0 Å². The summed E-state index contributed by atoms with van der Waals surface area (Å²) in [5, 5.41) is 2.87.